The summed E-state index contributed by atoms with van der Waals surface area (Å²) in [5.74, 6) is 0.589. The highest BCUT2D eigenvalue weighted by Gasteiger charge is 2.11. The Labute approximate surface area is 128 Å². The summed E-state index contributed by atoms with van der Waals surface area (Å²) in [5.41, 5.74) is 1.60. The summed E-state index contributed by atoms with van der Waals surface area (Å²) in [6, 6.07) is 13.4. The van der Waals surface area contributed by atoms with Gasteiger partial charge in [-0.3, -0.25) is 9.36 Å². The van der Waals surface area contributed by atoms with Crippen LogP contribution in [0.3, 0.4) is 0 Å². The molecule has 0 aliphatic carbocycles. The molecule has 3 aromatic rings. The number of pyridine rings is 1. The zero-order valence-corrected chi connectivity index (χ0v) is 12.2. The van der Waals surface area contributed by atoms with Gasteiger partial charge in [0.25, 0.3) is 5.91 Å². The molecule has 1 amide bonds. The van der Waals surface area contributed by atoms with Gasteiger partial charge in [0.2, 0.25) is 0 Å². The Bertz CT molecular complexity index is 736. The van der Waals surface area contributed by atoms with Gasteiger partial charge in [-0.25, -0.2) is 9.97 Å². The first-order valence-corrected chi connectivity index (χ1v) is 7.04. The molecule has 22 heavy (non-hydrogen) atoms. The van der Waals surface area contributed by atoms with Gasteiger partial charge in [-0.15, -0.1) is 0 Å². The molecule has 2 heterocycles. The third-order valence-electron chi connectivity index (χ3n) is 3.43. The molecule has 1 N–H and O–H groups in total. The lowest BCUT2D eigenvalue weighted by atomic mass is 10.1. The maximum Gasteiger partial charge on any atom is 0.253 e. The standard InChI is InChI=1S/C17H16N4O/c1-13(14-5-3-2-4-6-14)20-17(22)15-7-8-16(19-11-15)21-10-9-18-12-21/h2-13H,1H3,(H,20,22)/t13-/m1/s1. The van der Waals surface area contributed by atoms with E-state index in [0.717, 1.165) is 11.4 Å². The Kier molecular flexibility index (Phi) is 3.96. The SMILES string of the molecule is C[C@@H](NC(=O)c1ccc(-n2ccnc2)nc1)c1ccccc1. The van der Waals surface area contributed by atoms with Gasteiger partial charge in [0.05, 0.1) is 11.6 Å². The van der Waals surface area contributed by atoms with Crippen molar-refractivity contribution in [3.05, 3.63) is 78.5 Å². The topological polar surface area (TPSA) is 59.8 Å². The van der Waals surface area contributed by atoms with E-state index in [9.17, 15) is 4.79 Å². The van der Waals surface area contributed by atoms with Gasteiger partial charge >= 0.3 is 0 Å². The summed E-state index contributed by atoms with van der Waals surface area (Å²) in [4.78, 5) is 20.5. The highest BCUT2D eigenvalue weighted by atomic mass is 16.1. The van der Waals surface area contributed by atoms with E-state index in [-0.39, 0.29) is 11.9 Å². The zero-order valence-electron chi connectivity index (χ0n) is 12.2. The van der Waals surface area contributed by atoms with E-state index in [0.29, 0.717) is 5.56 Å². The average molecular weight is 292 g/mol. The monoisotopic (exact) mass is 292 g/mol. The molecule has 0 aliphatic heterocycles. The first kappa shape index (κ1) is 14.0. The first-order chi connectivity index (χ1) is 10.7. The van der Waals surface area contributed by atoms with Crippen molar-refractivity contribution >= 4 is 5.91 Å². The molecule has 1 atom stereocenters. The van der Waals surface area contributed by atoms with Crippen molar-refractivity contribution in [3.8, 4) is 5.82 Å². The van der Waals surface area contributed by atoms with Gasteiger partial charge < -0.3 is 5.32 Å². The summed E-state index contributed by atoms with van der Waals surface area (Å²) >= 11 is 0. The Morgan fingerprint density at radius 1 is 1.18 bits per heavy atom. The third-order valence-corrected chi connectivity index (χ3v) is 3.43. The molecule has 110 valence electrons. The van der Waals surface area contributed by atoms with Crippen LogP contribution in [-0.2, 0) is 0 Å². The van der Waals surface area contributed by atoms with Crippen LogP contribution >= 0.6 is 0 Å². The van der Waals surface area contributed by atoms with Crippen LogP contribution < -0.4 is 5.32 Å². The number of aromatic nitrogens is 3. The largest absolute Gasteiger partial charge is 0.345 e. The van der Waals surface area contributed by atoms with E-state index in [1.165, 1.54) is 0 Å². The maximum atomic E-state index is 12.3. The van der Waals surface area contributed by atoms with E-state index in [2.05, 4.69) is 15.3 Å². The van der Waals surface area contributed by atoms with Crippen LogP contribution in [-0.4, -0.2) is 20.4 Å². The molecule has 1 aromatic carbocycles. The molecule has 0 saturated carbocycles. The van der Waals surface area contributed by atoms with Gasteiger partial charge in [-0.2, -0.15) is 0 Å². The number of rotatable bonds is 4. The molecule has 3 rings (SSSR count). The molecule has 2 aromatic heterocycles. The number of imidazole rings is 1. The Morgan fingerprint density at radius 3 is 2.64 bits per heavy atom. The zero-order chi connectivity index (χ0) is 15.4. The fourth-order valence-electron chi connectivity index (χ4n) is 2.17. The number of carbonyl (C=O) groups excluding carboxylic acids is 1. The molecular weight excluding hydrogens is 276 g/mol. The molecule has 0 saturated heterocycles. The van der Waals surface area contributed by atoms with E-state index in [1.54, 1.807) is 41.6 Å². The van der Waals surface area contributed by atoms with E-state index in [1.807, 2.05) is 37.3 Å². The predicted molar refractivity (Wildman–Crippen MR) is 83.7 cm³/mol. The van der Waals surface area contributed by atoms with Crippen LogP contribution in [0, 0.1) is 0 Å². The van der Waals surface area contributed by atoms with Crippen LogP contribution in [0.2, 0.25) is 0 Å². The lowest BCUT2D eigenvalue weighted by molar-refractivity contribution is 0.0939. The quantitative estimate of drug-likeness (QED) is 0.804. The molecule has 0 unspecified atom stereocenters. The molecule has 0 aliphatic rings. The molecule has 5 heteroatoms. The summed E-state index contributed by atoms with van der Waals surface area (Å²) < 4.78 is 1.79. The van der Waals surface area contributed by atoms with E-state index in [4.69, 9.17) is 0 Å². The van der Waals surface area contributed by atoms with E-state index < -0.39 is 0 Å². The summed E-state index contributed by atoms with van der Waals surface area (Å²) in [6.07, 6.45) is 6.73. The Balaban J connectivity index is 1.70. The van der Waals surface area contributed by atoms with Gasteiger partial charge in [-0.05, 0) is 24.6 Å². The van der Waals surface area contributed by atoms with Crippen molar-refractivity contribution in [2.45, 2.75) is 13.0 Å². The number of nitrogens with zero attached hydrogens (tertiary/aromatic N) is 3. The molecule has 5 nitrogen and oxygen atoms in total. The van der Waals surface area contributed by atoms with Crippen LogP contribution in [0.5, 0.6) is 0 Å². The van der Waals surface area contributed by atoms with Crippen molar-refractivity contribution in [1.29, 1.82) is 0 Å². The van der Waals surface area contributed by atoms with Crippen molar-refractivity contribution in [3.63, 3.8) is 0 Å². The molecule has 0 fully saturated rings. The van der Waals surface area contributed by atoms with Gasteiger partial charge in [0, 0.05) is 18.6 Å². The summed E-state index contributed by atoms with van der Waals surface area (Å²) in [5, 5.41) is 2.97. The normalized spacial score (nSPS) is 11.9. The van der Waals surface area contributed by atoms with Gasteiger partial charge in [0.15, 0.2) is 0 Å². The lowest BCUT2D eigenvalue weighted by Crippen LogP contribution is -2.26. The van der Waals surface area contributed by atoms with Crippen molar-refractivity contribution < 1.29 is 4.79 Å². The third kappa shape index (κ3) is 3.03. The fourth-order valence-corrected chi connectivity index (χ4v) is 2.17. The summed E-state index contributed by atoms with van der Waals surface area (Å²) in [7, 11) is 0. The Morgan fingerprint density at radius 2 is 2.00 bits per heavy atom. The highest BCUT2D eigenvalue weighted by molar-refractivity contribution is 5.94. The number of amides is 1. The fraction of sp³-hybridized carbons (Fsp3) is 0.118. The van der Waals surface area contributed by atoms with Gasteiger partial charge in [0.1, 0.15) is 12.1 Å². The van der Waals surface area contributed by atoms with Crippen molar-refractivity contribution in [2.24, 2.45) is 0 Å². The first-order valence-electron chi connectivity index (χ1n) is 7.04. The maximum absolute atomic E-state index is 12.3. The number of hydrogen-bond acceptors (Lipinski definition) is 3. The van der Waals surface area contributed by atoms with Gasteiger partial charge in [-0.1, -0.05) is 30.3 Å². The second kappa shape index (κ2) is 6.22. The minimum atomic E-state index is -0.138. The second-order valence-electron chi connectivity index (χ2n) is 4.98. The van der Waals surface area contributed by atoms with Crippen LogP contribution in [0.4, 0.5) is 0 Å². The number of benzene rings is 1. The lowest BCUT2D eigenvalue weighted by Gasteiger charge is -2.14. The average Bonchev–Trinajstić information content (AvgIpc) is 3.10. The van der Waals surface area contributed by atoms with Crippen LogP contribution in [0.25, 0.3) is 5.82 Å². The van der Waals surface area contributed by atoms with E-state index >= 15 is 0 Å². The van der Waals surface area contributed by atoms with Crippen molar-refractivity contribution in [1.82, 2.24) is 19.9 Å². The minimum Gasteiger partial charge on any atom is -0.345 e. The number of hydrogen-bond donors (Lipinski definition) is 1. The predicted octanol–water partition coefficient (Wildman–Crippen LogP) is 2.76. The minimum absolute atomic E-state index is 0.0537. The molecular formula is C17H16N4O. The molecule has 0 radical (unpaired) electrons. The number of nitrogens with one attached hydrogen (secondary N) is 1. The number of carbonyl (C=O) groups is 1. The summed E-state index contributed by atoms with van der Waals surface area (Å²) in [6.45, 7) is 1.96. The highest BCUT2D eigenvalue weighted by Crippen LogP contribution is 2.12. The molecule has 0 bridgehead atoms. The van der Waals surface area contributed by atoms with Crippen LogP contribution in [0.15, 0.2) is 67.4 Å². The van der Waals surface area contributed by atoms with Crippen LogP contribution in [0.1, 0.15) is 28.9 Å². The second-order valence-corrected chi connectivity index (χ2v) is 4.98. The van der Waals surface area contributed by atoms with Crippen molar-refractivity contribution in [2.75, 3.05) is 0 Å². The smallest absolute Gasteiger partial charge is 0.253 e. The Hall–Kier alpha value is -2.95. The molecule has 0 spiro atoms.